The highest BCUT2D eigenvalue weighted by Gasteiger charge is 2.63. The van der Waals surface area contributed by atoms with Crippen LogP contribution in [0.4, 0.5) is 4.79 Å². The van der Waals surface area contributed by atoms with Crippen LogP contribution in [0.25, 0.3) is 0 Å². The van der Waals surface area contributed by atoms with Gasteiger partial charge in [-0.15, -0.1) is 0 Å². The molecule has 0 bridgehead atoms. The van der Waals surface area contributed by atoms with Crippen molar-refractivity contribution in [2.45, 2.75) is 24.3 Å². The minimum Gasteiger partial charge on any atom is -0.481 e. The molecule has 6 heteroatoms. The number of hydrogen-bond donors (Lipinski definition) is 3. The van der Waals surface area contributed by atoms with Gasteiger partial charge in [-0.05, 0) is 24.0 Å². The molecule has 1 aliphatic carbocycles. The van der Waals surface area contributed by atoms with Crippen molar-refractivity contribution >= 4 is 17.9 Å². The predicted octanol–water partition coefficient (Wildman–Crippen LogP) is 2.51. The van der Waals surface area contributed by atoms with Crippen LogP contribution in [-0.2, 0) is 9.59 Å². The molecule has 6 nitrogen and oxygen atoms in total. The minimum absolute atomic E-state index is 0.147. The molecule has 27 heavy (non-hydrogen) atoms. The Morgan fingerprint density at radius 1 is 1.04 bits per heavy atom. The molecule has 2 aromatic carbocycles. The molecule has 0 radical (unpaired) electrons. The molecule has 0 aromatic heterocycles. The van der Waals surface area contributed by atoms with Crippen LogP contribution in [0.2, 0.25) is 0 Å². The molecule has 0 spiro atoms. The van der Waals surface area contributed by atoms with Crippen molar-refractivity contribution in [3.05, 3.63) is 71.8 Å². The van der Waals surface area contributed by atoms with Crippen LogP contribution < -0.4 is 10.6 Å². The van der Waals surface area contributed by atoms with E-state index >= 15 is 0 Å². The third-order valence-electron chi connectivity index (χ3n) is 5.64. The van der Waals surface area contributed by atoms with Crippen molar-refractivity contribution in [1.82, 2.24) is 10.6 Å². The van der Waals surface area contributed by atoms with E-state index in [1.807, 2.05) is 60.7 Å². The molecule has 2 fully saturated rings. The van der Waals surface area contributed by atoms with Gasteiger partial charge >= 0.3 is 12.0 Å². The fourth-order valence-corrected chi connectivity index (χ4v) is 4.19. The first-order chi connectivity index (χ1) is 13.0. The van der Waals surface area contributed by atoms with Crippen molar-refractivity contribution in [3.8, 4) is 0 Å². The Kier molecular flexibility index (Phi) is 4.18. The Labute approximate surface area is 156 Å². The highest BCUT2D eigenvalue weighted by Crippen LogP contribution is 2.51. The summed E-state index contributed by atoms with van der Waals surface area (Å²) >= 11 is 0. The lowest BCUT2D eigenvalue weighted by Gasteiger charge is -2.31. The molecule has 1 heterocycles. The monoisotopic (exact) mass is 364 g/mol. The number of benzene rings is 2. The van der Waals surface area contributed by atoms with Crippen LogP contribution >= 0.6 is 0 Å². The molecule has 1 saturated carbocycles. The maximum atomic E-state index is 12.8. The summed E-state index contributed by atoms with van der Waals surface area (Å²) in [6, 6.07) is 19.0. The Morgan fingerprint density at radius 3 is 2.00 bits per heavy atom. The number of carbonyl (C=O) groups is 3. The van der Waals surface area contributed by atoms with Gasteiger partial charge in [0.2, 0.25) is 0 Å². The second-order valence-corrected chi connectivity index (χ2v) is 7.24. The number of carboxylic acids is 1. The quantitative estimate of drug-likeness (QED) is 0.686. The summed E-state index contributed by atoms with van der Waals surface area (Å²) in [6.45, 7) is 0. The van der Waals surface area contributed by atoms with Crippen LogP contribution in [-0.4, -0.2) is 28.6 Å². The first-order valence-electron chi connectivity index (χ1n) is 8.97. The van der Waals surface area contributed by atoms with Crippen molar-refractivity contribution in [3.63, 3.8) is 0 Å². The average Bonchev–Trinajstić information content (AvgIpc) is 3.43. The van der Waals surface area contributed by atoms with E-state index in [0.717, 1.165) is 11.1 Å². The Hall–Kier alpha value is -3.15. The molecular weight excluding hydrogens is 344 g/mol. The number of rotatable bonds is 6. The molecule has 1 aliphatic heterocycles. The van der Waals surface area contributed by atoms with Gasteiger partial charge in [-0.2, -0.15) is 0 Å². The number of carboxylic acid groups (broad SMARTS) is 1. The lowest BCUT2D eigenvalue weighted by molar-refractivity contribution is -0.139. The molecule has 0 unspecified atom stereocenters. The SMILES string of the molecule is O=C1NC(=O)[C@@](CC(c2ccccc2)c2ccccc2)([C@H]2C[C@@H]2C(=O)O)N1. The van der Waals surface area contributed by atoms with Crippen molar-refractivity contribution < 1.29 is 19.5 Å². The molecule has 3 atom stereocenters. The topological polar surface area (TPSA) is 95.5 Å². The molecule has 3 amide bonds. The summed E-state index contributed by atoms with van der Waals surface area (Å²) in [6.07, 6.45) is 0.701. The van der Waals surface area contributed by atoms with Crippen LogP contribution in [0.5, 0.6) is 0 Å². The summed E-state index contributed by atoms with van der Waals surface area (Å²) in [7, 11) is 0. The summed E-state index contributed by atoms with van der Waals surface area (Å²) in [5.41, 5.74) is 0.824. The summed E-state index contributed by atoms with van der Waals surface area (Å²) in [5.74, 6) is -2.52. The zero-order valence-electron chi connectivity index (χ0n) is 14.6. The number of imide groups is 1. The Morgan fingerprint density at radius 2 is 1.59 bits per heavy atom. The van der Waals surface area contributed by atoms with E-state index in [1.165, 1.54) is 0 Å². The second kappa shape index (κ2) is 6.54. The molecule has 138 valence electrons. The molecule has 3 N–H and O–H groups in total. The van der Waals surface area contributed by atoms with E-state index in [4.69, 9.17) is 0 Å². The summed E-state index contributed by atoms with van der Waals surface area (Å²) in [4.78, 5) is 36.1. The minimum atomic E-state index is -1.21. The van der Waals surface area contributed by atoms with Gasteiger partial charge in [0, 0.05) is 11.8 Å². The van der Waals surface area contributed by atoms with Gasteiger partial charge < -0.3 is 10.4 Å². The van der Waals surface area contributed by atoms with Gasteiger partial charge in [-0.1, -0.05) is 60.7 Å². The number of nitrogens with one attached hydrogen (secondary N) is 2. The van der Waals surface area contributed by atoms with Gasteiger partial charge in [-0.3, -0.25) is 14.9 Å². The third kappa shape index (κ3) is 3.07. The standard InChI is InChI=1S/C21H20N2O4/c24-18(25)15-11-17(15)21(19(26)22-20(27)23-21)12-16(13-7-3-1-4-8-13)14-9-5-2-6-10-14/h1-10,15-17H,11-12H2,(H,24,25)(H2,22,23,26,27)/t15-,17-,21+/m0/s1. The molecule has 2 aliphatic rings. The largest absolute Gasteiger partial charge is 0.481 e. The first kappa shape index (κ1) is 17.3. The van der Waals surface area contributed by atoms with Gasteiger partial charge in [-0.25, -0.2) is 4.79 Å². The average molecular weight is 364 g/mol. The maximum Gasteiger partial charge on any atom is 0.322 e. The number of carbonyl (C=O) groups excluding carboxylic acids is 2. The zero-order chi connectivity index (χ0) is 19.0. The van der Waals surface area contributed by atoms with Crippen LogP contribution in [0, 0.1) is 11.8 Å². The van der Waals surface area contributed by atoms with Crippen LogP contribution in [0.3, 0.4) is 0 Å². The number of hydrogen-bond acceptors (Lipinski definition) is 3. The maximum absolute atomic E-state index is 12.8. The highest BCUT2D eigenvalue weighted by molar-refractivity contribution is 6.08. The van der Waals surface area contributed by atoms with E-state index < -0.39 is 35.3 Å². The number of amides is 3. The van der Waals surface area contributed by atoms with Gasteiger partial charge in [0.1, 0.15) is 5.54 Å². The van der Waals surface area contributed by atoms with Gasteiger partial charge in [0.25, 0.3) is 5.91 Å². The molecule has 4 rings (SSSR count). The first-order valence-corrected chi connectivity index (χ1v) is 8.97. The zero-order valence-corrected chi connectivity index (χ0v) is 14.6. The van der Waals surface area contributed by atoms with E-state index in [9.17, 15) is 19.5 Å². The van der Waals surface area contributed by atoms with Gasteiger partial charge in [0.05, 0.1) is 5.92 Å². The Bertz CT molecular complexity index is 844. The predicted molar refractivity (Wildman–Crippen MR) is 98.0 cm³/mol. The van der Waals surface area contributed by atoms with Crippen molar-refractivity contribution in [1.29, 1.82) is 0 Å². The molecular formula is C21H20N2O4. The second-order valence-electron chi connectivity index (χ2n) is 7.24. The highest BCUT2D eigenvalue weighted by atomic mass is 16.4. The van der Waals surface area contributed by atoms with E-state index in [2.05, 4.69) is 10.6 Å². The summed E-state index contributed by atoms with van der Waals surface area (Å²) in [5, 5.41) is 14.5. The normalized spacial score (nSPS) is 26.6. The van der Waals surface area contributed by atoms with E-state index in [-0.39, 0.29) is 5.92 Å². The molecule has 2 aromatic rings. The number of urea groups is 1. The number of aliphatic carboxylic acids is 1. The molecule has 1 saturated heterocycles. The smallest absolute Gasteiger partial charge is 0.322 e. The van der Waals surface area contributed by atoms with Crippen molar-refractivity contribution in [2.24, 2.45) is 11.8 Å². The van der Waals surface area contributed by atoms with Crippen LogP contribution in [0.15, 0.2) is 60.7 Å². The third-order valence-corrected chi connectivity index (χ3v) is 5.64. The Balaban J connectivity index is 1.74. The lowest BCUT2D eigenvalue weighted by Crippen LogP contribution is -2.51. The van der Waals surface area contributed by atoms with E-state index in [1.54, 1.807) is 0 Å². The van der Waals surface area contributed by atoms with Crippen LogP contribution in [0.1, 0.15) is 29.9 Å². The van der Waals surface area contributed by atoms with Crippen molar-refractivity contribution in [2.75, 3.05) is 0 Å². The van der Waals surface area contributed by atoms with E-state index in [0.29, 0.717) is 12.8 Å². The lowest BCUT2D eigenvalue weighted by atomic mass is 9.76. The fraction of sp³-hybridized carbons (Fsp3) is 0.286. The fourth-order valence-electron chi connectivity index (χ4n) is 4.19. The van der Waals surface area contributed by atoms with Gasteiger partial charge in [0.15, 0.2) is 0 Å². The summed E-state index contributed by atoms with van der Waals surface area (Å²) < 4.78 is 0.